The Balaban J connectivity index is 2.09. The fraction of sp³-hybridized carbons (Fsp3) is 0.375. The molecule has 134 valence electrons. The van der Waals surface area contributed by atoms with Crippen LogP contribution in [0.5, 0.6) is 5.75 Å². The van der Waals surface area contributed by atoms with Crippen LogP contribution in [0.1, 0.15) is 25.5 Å². The number of sulfonamides is 1. The molecular weight excluding hydrogens is 346 g/mol. The molecule has 1 saturated carbocycles. The molecule has 3 rings (SSSR count). The van der Waals surface area contributed by atoms with Gasteiger partial charge in [-0.05, 0) is 37.5 Å². The van der Waals surface area contributed by atoms with E-state index in [4.69, 9.17) is 9.26 Å². The van der Waals surface area contributed by atoms with Crippen molar-refractivity contribution >= 4 is 21.8 Å². The zero-order valence-corrected chi connectivity index (χ0v) is 14.9. The molecule has 1 heterocycles. The maximum atomic E-state index is 12.6. The lowest BCUT2D eigenvalue weighted by molar-refractivity contribution is -0.114. The van der Waals surface area contributed by atoms with Gasteiger partial charge in [0.05, 0.1) is 18.4 Å². The second-order valence-electron chi connectivity index (χ2n) is 5.91. The number of nitrogens with zero attached hydrogens (tertiary/aromatic N) is 1. The van der Waals surface area contributed by atoms with Crippen LogP contribution < -0.4 is 14.8 Å². The number of anilines is 1. The highest BCUT2D eigenvalue weighted by molar-refractivity contribution is 7.89. The Morgan fingerprint density at radius 1 is 1.36 bits per heavy atom. The molecule has 0 spiro atoms. The lowest BCUT2D eigenvalue weighted by Crippen LogP contribution is -2.26. The molecule has 0 unspecified atom stereocenters. The zero-order valence-electron chi connectivity index (χ0n) is 14.1. The van der Waals surface area contributed by atoms with Gasteiger partial charge in [-0.15, -0.1) is 0 Å². The second-order valence-corrected chi connectivity index (χ2v) is 7.60. The summed E-state index contributed by atoms with van der Waals surface area (Å²) >= 11 is 0. The highest BCUT2D eigenvalue weighted by Crippen LogP contribution is 2.36. The lowest BCUT2D eigenvalue weighted by Gasteiger charge is -2.12. The molecule has 1 aromatic heterocycles. The Hall–Kier alpha value is -2.39. The Morgan fingerprint density at radius 2 is 2.08 bits per heavy atom. The largest absolute Gasteiger partial charge is 0.495 e. The number of benzene rings is 1. The van der Waals surface area contributed by atoms with Crippen molar-refractivity contribution in [2.75, 3.05) is 12.4 Å². The minimum absolute atomic E-state index is 0.0226. The summed E-state index contributed by atoms with van der Waals surface area (Å²) in [6, 6.07) is 4.74. The molecule has 0 atom stereocenters. The van der Waals surface area contributed by atoms with Gasteiger partial charge in [0.25, 0.3) is 0 Å². The van der Waals surface area contributed by atoms with E-state index >= 15 is 0 Å². The average molecular weight is 365 g/mol. The molecule has 0 aliphatic heterocycles. The van der Waals surface area contributed by atoms with E-state index in [1.807, 2.05) is 0 Å². The number of amides is 1. The lowest BCUT2D eigenvalue weighted by atomic mass is 10.1. The summed E-state index contributed by atoms with van der Waals surface area (Å²) in [7, 11) is -2.30. The molecule has 2 aromatic rings. The molecule has 8 nitrogen and oxygen atoms in total. The maximum absolute atomic E-state index is 12.6. The SMILES string of the molecule is COc1ccc(-c2c(C)noc2NC(C)=O)cc1S(=O)(=O)NC1CC1. The van der Waals surface area contributed by atoms with Crippen LogP contribution in [0.4, 0.5) is 5.88 Å². The summed E-state index contributed by atoms with van der Waals surface area (Å²) in [6.07, 6.45) is 1.66. The summed E-state index contributed by atoms with van der Waals surface area (Å²) in [5.41, 5.74) is 1.62. The van der Waals surface area contributed by atoms with Crippen molar-refractivity contribution in [3.63, 3.8) is 0 Å². The summed E-state index contributed by atoms with van der Waals surface area (Å²) in [5, 5.41) is 6.41. The fourth-order valence-corrected chi connectivity index (χ4v) is 3.98. The van der Waals surface area contributed by atoms with E-state index in [0.29, 0.717) is 16.8 Å². The van der Waals surface area contributed by atoms with Crippen molar-refractivity contribution in [1.29, 1.82) is 0 Å². The van der Waals surface area contributed by atoms with E-state index in [1.54, 1.807) is 19.1 Å². The van der Waals surface area contributed by atoms with Gasteiger partial charge in [-0.25, -0.2) is 13.1 Å². The first-order valence-electron chi connectivity index (χ1n) is 7.76. The normalized spacial score (nSPS) is 14.4. The fourth-order valence-electron chi connectivity index (χ4n) is 2.48. The van der Waals surface area contributed by atoms with Gasteiger partial charge < -0.3 is 9.26 Å². The van der Waals surface area contributed by atoms with Crippen LogP contribution in [0, 0.1) is 6.92 Å². The predicted octanol–water partition coefficient (Wildman–Crippen LogP) is 2.06. The van der Waals surface area contributed by atoms with E-state index in [9.17, 15) is 13.2 Å². The van der Waals surface area contributed by atoms with Crippen molar-refractivity contribution < 1.29 is 22.5 Å². The zero-order chi connectivity index (χ0) is 18.2. The smallest absolute Gasteiger partial charge is 0.244 e. The van der Waals surface area contributed by atoms with Crippen molar-refractivity contribution in [3.05, 3.63) is 23.9 Å². The van der Waals surface area contributed by atoms with Crippen LogP contribution in [0.15, 0.2) is 27.6 Å². The summed E-state index contributed by atoms with van der Waals surface area (Å²) in [6.45, 7) is 3.07. The first-order chi connectivity index (χ1) is 11.8. The van der Waals surface area contributed by atoms with Gasteiger partial charge >= 0.3 is 0 Å². The van der Waals surface area contributed by atoms with Gasteiger partial charge in [-0.1, -0.05) is 11.2 Å². The number of carbonyl (C=O) groups excluding carboxylic acids is 1. The molecule has 1 fully saturated rings. The first-order valence-corrected chi connectivity index (χ1v) is 9.24. The Labute approximate surface area is 145 Å². The molecule has 1 aliphatic carbocycles. The molecule has 25 heavy (non-hydrogen) atoms. The number of ether oxygens (including phenoxy) is 1. The highest BCUT2D eigenvalue weighted by Gasteiger charge is 2.30. The summed E-state index contributed by atoms with van der Waals surface area (Å²) in [5.74, 6) is 0.106. The van der Waals surface area contributed by atoms with Crippen molar-refractivity contribution in [2.45, 2.75) is 37.6 Å². The average Bonchev–Trinajstić information content (AvgIpc) is 3.28. The highest BCUT2D eigenvalue weighted by atomic mass is 32.2. The van der Waals surface area contributed by atoms with Crippen LogP contribution >= 0.6 is 0 Å². The number of rotatable bonds is 6. The van der Waals surface area contributed by atoms with Gasteiger partial charge in [0, 0.05) is 13.0 Å². The Morgan fingerprint density at radius 3 is 2.68 bits per heavy atom. The Kier molecular flexibility index (Phi) is 4.53. The van der Waals surface area contributed by atoms with Crippen LogP contribution in [0.25, 0.3) is 11.1 Å². The third kappa shape index (κ3) is 3.67. The van der Waals surface area contributed by atoms with Gasteiger partial charge in [-0.3, -0.25) is 10.1 Å². The van der Waals surface area contributed by atoms with E-state index in [-0.39, 0.29) is 28.5 Å². The molecular formula is C16H19N3O5S. The predicted molar refractivity (Wildman–Crippen MR) is 90.9 cm³/mol. The van der Waals surface area contributed by atoms with Crippen LogP contribution in [0.3, 0.4) is 0 Å². The molecule has 1 amide bonds. The number of carbonyl (C=O) groups is 1. The molecule has 1 aliphatic rings. The Bertz CT molecular complexity index is 916. The number of nitrogens with one attached hydrogen (secondary N) is 2. The van der Waals surface area contributed by atoms with Gasteiger partial charge in [0.15, 0.2) is 0 Å². The second kappa shape index (κ2) is 6.49. The van der Waals surface area contributed by atoms with E-state index in [1.165, 1.54) is 20.1 Å². The third-order valence-corrected chi connectivity index (χ3v) is 5.33. The summed E-state index contributed by atoms with van der Waals surface area (Å²) in [4.78, 5) is 11.4. The molecule has 9 heteroatoms. The number of hydrogen-bond acceptors (Lipinski definition) is 6. The third-order valence-electron chi connectivity index (χ3n) is 3.79. The minimum atomic E-state index is -3.72. The van der Waals surface area contributed by atoms with Gasteiger partial charge in [0.1, 0.15) is 10.6 Å². The molecule has 0 radical (unpaired) electrons. The topological polar surface area (TPSA) is 111 Å². The minimum Gasteiger partial charge on any atom is -0.495 e. The standard InChI is InChI=1S/C16H19N3O5S/c1-9-15(16(24-18-9)17-10(2)20)11-4-7-13(23-3)14(8-11)25(21,22)19-12-5-6-12/h4,7-8,12,19H,5-6H2,1-3H3,(H,17,20). The number of methoxy groups -OCH3 is 1. The van der Waals surface area contributed by atoms with Crippen LogP contribution in [-0.4, -0.2) is 32.6 Å². The number of aryl methyl sites for hydroxylation is 1. The number of aromatic nitrogens is 1. The monoisotopic (exact) mass is 365 g/mol. The molecule has 0 saturated heterocycles. The van der Waals surface area contributed by atoms with Crippen molar-refractivity contribution in [3.8, 4) is 16.9 Å². The van der Waals surface area contributed by atoms with Crippen LogP contribution in [0.2, 0.25) is 0 Å². The van der Waals surface area contributed by atoms with Crippen molar-refractivity contribution in [1.82, 2.24) is 9.88 Å². The molecule has 0 bridgehead atoms. The van der Waals surface area contributed by atoms with E-state index in [2.05, 4.69) is 15.2 Å². The first kappa shape index (κ1) is 17.4. The van der Waals surface area contributed by atoms with E-state index < -0.39 is 10.0 Å². The van der Waals surface area contributed by atoms with Crippen molar-refractivity contribution in [2.24, 2.45) is 0 Å². The van der Waals surface area contributed by atoms with Gasteiger partial charge in [-0.2, -0.15) is 0 Å². The molecule has 2 N–H and O–H groups in total. The quantitative estimate of drug-likeness (QED) is 0.811. The van der Waals surface area contributed by atoms with E-state index in [0.717, 1.165) is 12.8 Å². The summed E-state index contributed by atoms with van der Waals surface area (Å²) < 4.78 is 38.2. The van der Waals surface area contributed by atoms with Crippen LogP contribution in [-0.2, 0) is 14.8 Å². The van der Waals surface area contributed by atoms with Gasteiger partial charge in [0.2, 0.25) is 21.8 Å². The molecule has 1 aromatic carbocycles. The number of hydrogen-bond donors (Lipinski definition) is 2. The maximum Gasteiger partial charge on any atom is 0.244 e.